The highest BCUT2D eigenvalue weighted by Gasteiger charge is 2.22. The smallest absolute Gasteiger partial charge is 0.259 e. The van der Waals surface area contributed by atoms with Crippen LogP contribution in [0.1, 0.15) is 42.1 Å². The van der Waals surface area contributed by atoms with Gasteiger partial charge in [0, 0.05) is 18.0 Å². The Bertz CT molecular complexity index is 1110. The van der Waals surface area contributed by atoms with Gasteiger partial charge in [-0.1, -0.05) is 32.0 Å². The van der Waals surface area contributed by atoms with Crippen LogP contribution in [0.15, 0.2) is 29.1 Å². The predicted molar refractivity (Wildman–Crippen MR) is 125 cm³/mol. The van der Waals surface area contributed by atoms with Crippen molar-refractivity contribution in [2.75, 3.05) is 19.7 Å². The van der Waals surface area contributed by atoms with E-state index >= 15 is 0 Å². The summed E-state index contributed by atoms with van der Waals surface area (Å²) < 4.78 is 5.82. The Morgan fingerprint density at radius 2 is 2.06 bits per heavy atom. The first kappa shape index (κ1) is 22.0. The van der Waals surface area contributed by atoms with E-state index in [9.17, 15) is 9.90 Å². The first-order chi connectivity index (χ1) is 14.9. The molecule has 6 nitrogen and oxygen atoms in total. The van der Waals surface area contributed by atoms with Crippen LogP contribution in [-0.2, 0) is 19.4 Å². The fourth-order valence-electron chi connectivity index (χ4n) is 4.31. The number of benzene rings is 1. The first-order valence-corrected chi connectivity index (χ1v) is 11.8. The van der Waals surface area contributed by atoms with E-state index in [1.807, 2.05) is 31.2 Å². The third-order valence-corrected chi connectivity index (χ3v) is 6.80. The molecule has 2 aromatic heterocycles. The molecule has 31 heavy (non-hydrogen) atoms. The van der Waals surface area contributed by atoms with Gasteiger partial charge in [0.15, 0.2) is 0 Å². The number of aliphatic hydroxyl groups excluding tert-OH is 1. The molecular weight excluding hydrogens is 410 g/mol. The summed E-state index contributed by atoms with van der Waals surface area (Å²) in [6.07, 6.45) is 2.52. The third kappa shape index (κ3) is 5.17. The molecule has 0 amide bonds. The van der Waals surface area contributed by atoms with Gasteiger partial charge in [0.1, 0.15) is 29.1 Å². The fraction of sp³-hybridized carbons (Fsp3) is 0.500. The van der Waals surface area contributed by atoms with Gasteiger partial charge in [-0.2, -0.15) is 0 Å². The summed E-state index contributed by atoms with van der Waals surface area (Å²) >= 11 is 1.66. The second kappa shape index (κ2) is 9.51. The largest absolute Gasteiger partial charge is 0.491 e. The zero-order valence-corrected chi connectivity index (χ0v) is 19.3. The molecule has 4 rings (SSSR count). The summed E-state index contributed by atoms with van der Waals surface area (Å²) in [4.78, 5) is 24.8. The summed E-state index contributed by atoms with van der Waals surface area (Å²) in [7, 11) is 0. The number of rotatable bonds is 9. The second-order valence-electron chi connectivity index (χ2n) is 8.87. The van der Waals surface area contributed by atoms with Gasteiger partial charge in [-0.05, 0) is 49.3 Å². The highest BCUT2D eigenvalue weighted by Crippen LogP contribution is 2.34. The number of hydrogen-bond donors (Lipinski definition) is 2. The van der Waals surface area contributed by atoms with E-state index in [0.717, 1.165) is 47.3 Å². The predicted octanol–water partition coefficient (Wildman–Crippen LogP) is 3.68. The lowest BCUT2D eigenvalue weighted by atomic mass is 10.2. The molecule has 0 saturated carbocycles. The molecule has 0 saturated heterocycles. The maximum atomic E-state index is 12.8. The average Bonchev–Trinajstić information content (AvgIpc) is 3.27. The van der Waals surface area contributed by atoms with Gasteiger partial charge >= 0.3 is 0 Å². The molecule has 2 N–H and O–H groups in total. The quantitative estimate of drug-likeness (QED) is 0.530. The van der Waals surface area contributed by atoms with Crippen molar-refractivity contribution in [3.8, 4) is 5.75 Å². The van der Waals surface area contributed by atoms with E-state index < -0.39 is 6.10 Å². The Morgan fingerprint density at radius 1 is 1.26 bits per heavy atom. The van der Waals surface area contributed by atoms with Crippen molar-refractivity contribution in [1.82, 2.24) is 14.9 Å². The molecule has 1 aromatic carbocycles. The summed E-state index contributed by atoms with van der Waals surface area (Å²) in [6.45, 7) is 8.24. The third-order valence-electron chi connectivity index (χ3n) is 5.61. The zero-order valence-electron chi connectivity index (χ0n) is 18.5. The van der Waals surface area contributed by atoms with Gasteiger partial charge in [-0.3, -0.25) is 9.69 Å². The van der Waals surface area contributed by atoms with Crippen molar-refractivity contribution in [3.05, 3.63) is 56.4 Å². The summed E-state index contributed by atoms with van der Waals surface area (Å²) in [5.41, 5.74) is 2.21. The highest BCUT2D eigenvalue weighted by atomic mass is 32.1. The molecule has 7 heteroatoms. The normalized spacial score (nSPS) is 14.5. The Morgan fingerprint density at radius 3 is 2.84 bits per heavy atom. The monoisotopic (exact) mass is 441 g/mol. The molecule has 2 heterocycles. The number of aryl methyl sites for hydroxylation is 3. The number of para-hydroxylation sites is 1. The van der Waals surface area contributed by atoms with Crippen LogP contribution >= 0.6 is 11.3 Å². The molecule has 0 fully saturated rings. The van der Waals surface area contributed by atoms with Crippen molar-refractivity contribution in [1.29, 1.82) is 0 Å². The van der Waals surface area contributed by atoms with E-state index in [2.05, 4.69) is 23.7 Å². The number of thiophene rings is 1. The van der Waals surface area contributed by atoms with Crippen LogP contribution < -0.4 is 10.3 Å². The van der Waals surface area contributed by atoms with E-state index in [0.29, 0.717) is 24.8 Å². The molecule has 0 bridgehead atoms. The van der Waals surface area contributed by atoms with Crippen LogP contribution in [0.2, 0.25) is 0 Å². The SMILES string of the molecule is Cc1ccccc1OCC(O)CN(Cc1nc2sc3c(c2c(=O)[nH]1)CCC3)CC(C)C. The van der Waals surface area contributed by atoms with Gasteiger partial charge in [-0.25, -0.2) is 4.98 Å². The van der Waals surface area contributed by atoms with E-state index in [-0.39, 0.29) is 12.2 Å². The van der Waals surface area contributed by atoms with Gasteiger partial charge in [-0.15, -0.1) is 11.3 Å². The number of H-pyrrole nitrogens is 1. The first-order valence-electron chi connectivity index (χ1n) is 11.0. The minimum absolute atomic E-state index is 0.0349. The molecule has 1 atom stereocenters. The molecule has 0 spiro atoms. The number of aromatic nitrogens is 2. The molecule has 1 unspecified atom stereocenters. The van der Waals surface area contributed by atoms with E-state index in [1.54, 1.807) is 11.3 Å². The Kier molecular flexibility index (Phi) is 6.74. The molecule has 3 aromatic rings. The molecular formula is C24H31N3O3S. The van der Waals surface area contributed by atoms with Crippen LogP contribution in [0.5, 0.6) is 5.75 Å². The maximum absolute atomic E-state index is 12.8. The lowest BCUT2D eigenvalue weighted by Crippen LogP contribution is -2.38. The van der Waals surface area contributed by atoms with Crippen molar-refractivity contribution in [2.45, 2.75) is 52.7 Å². The zero-order chi connectivity index (χ0) is 22.0. The van der Waals surface area contributed by atoms with Crippen LogP contribution in [-0.4, -0.2) is 45.8 Å². The van der Waals surface area contributed by atoms with Gasteiger partial charge in [0.25, 0.3) is 5.56 Å². The number of hydrogen-bond acceptors (Lipinski definition) is 6. The lowest BCUT2D eigenvalue weighted by molar-refractivity contribution is 0.0604. The maximum Gasteiger partial charge on any atom is 0.259 e. The molecule has 1 aliphatic carbocycles. The van der Waals surface area contributed by atoms with Crippen LogP contribution in [0.4, 0.5) is 0 Å². The standard InChI is InChI=1S/C24H31N3O3S/c1-15(2)11-27(12-17(28)14-30-19-9-5-4-7-16(19)3)13-21-25-23(29)22-18-8-6-10-20(18)31-24(22)26-21/h4-5,7,9,15,17,28H,6,8,10-14H2,1-3H3,(H,25,26,29). The number of nitrogens with zero attached hydrogens (tertiary/aromatic N) is 2. The van der Waals surface area contributed by atoms with Crippen LogP contribution in [0.3, 0.4) is 0 Å². The Labute approximate surface area is 186 Å². The molecule has 1 aliphatic rings. The van der Waals surface area contributed by atoms with E-state index in [4.69, 9.17) is 9.72 Å². The number of nitrogens with one attached hydrogen (secondary N) is 1. The summed E-state index contributed by atoms with van der Waals surface area (Å²) in [6, 6.07) is 7.80. The van der Waals surface area contributed by atoms with Crippen LogP contribution in [0, 0.1) is 12.8 Å². The number of fused-ring (bicyclic) bond motifs is 3. The Hall–Kier alpha value is -2.22. The molecule has 0 radical (unpaired) electrons. The fourth-order valence-corrected chi connectivity index (χ4v) is 5.59. The minimum Gasteiger partial charge on any atom is -0.491 e. The summed E-state index contributed by atoms with van der Waals surface area (Å²) in [5.74, 6) is 1.87. The summed E-state index contributed by atoms with van der Waals surface area (Å²) in [5, 5.41) is 11.4. The van der Waals surface area contributed by atoms with Crippen LogP contribution in [0.25, 0.3) is 10.2 Å². The average molecular weight is 442 g/mol. The number of aliphatic hydroxyl groups is 1. The van der Waals surface area contributed by atoms with Gasteiger partial charge < -0.3 is 14.8 Å². The van der Waals surface area contributed by atoms with Crippen molar-refractivity contribution >= 4 is 21.6 Å². The molecule has 166 valence electrons. The molecule has 0 aliphatic heterocycles. The lowest BCUT2D eigenvalue weighted by Gasteiger charge is -2.26. The van der Waals surface area contributed by atoms with E-state index in [1.165, 1.54) is 10.4 Å². The van der Waals surface area contributed by atoms with Crippen molar-refractivity contribution < 1.29 is 9.84 Å². The number of aromatic amines is 1. The second-order valence-corrected chi connectivity index (χ2v) is 9.95. The van der Waals surface area contributed by atoms with Crippen molar-refractivity contribution in [2.24, 2.45) is 5.92 Å². The Balaban J connectivity index is 1.45. The number of ether oxygens (including phenoxy) is 1. The highest BCUT2D eigenvalue weighted by molar-refractivity contribution is 7.18. The van der Waals surface area contributed by atoms with Gasteiger partial charge in [0.05, 0.1) is 11.9 Å². The minimum atomic E-state index is -0.639. The van der Waals surface area contributed by atoms with Gasteiger partial charge in [0.2, 0.25) is 0 Å². The van der Waals surface area contributed by atoms with Crippen molar-refractivity contribution in [3.63, 3.8) is 0 Å². The topological polar surface area (TPSA) is 78.5 Å².